The molecule has 1 aliphatic carbocycles. The van der Waals surface area contributed by atoms with Crippen molar-refractivity contribution < 1.29 is 19.0 Å². The molecule has 10 nitrogen and oxygen atoms in total. The molecule has 1 saturated heterocycles. The fourth-order valence-corrected chi connectivity index (χ4v) is 4.35. The van der Waals surface area contributed by atoms with Crippen molar-refractivity contribution in [2.45, 2.75) is 44.9 Å². The maximum Gasteiger partial charge on any atom is 0.293 e. The van der Waals surface area contributed by atoms with Gasteiger partial charge < -0.3 is 19.5 Å². The average Bonchev–Trinajstić information content (AvgIpc) is 3.50. The monoisotopic (exact) mass is 443 g/mol. The number of nitrogens with zero attached hydrogens (tertiary/aromatic N) is 4. The van der Waals surface area contributed by atoms with Crippen LogP contribution >= 0.6 is 0 Å². The topological polar surface area (TPSA) is 124 Å². The number of nitro benzene ring substituents is 1. The fraction of sp³-hybridized carbons (Fsp3) is 0.591. The fourth-order valence-electron chi connectivity index (χ4n) is 4.35. The number of amides is 1. The van der Waals surface area contributed by atoms with Crippen LogP contribution in [0.2, 0.25) is 0 Å². The molecule has 0 unspecified atom stereocenters. The molecule has 0 spiro atoms. The first-order chi connectivity index (χ1) is 15.6. The maximum atomic E-state index is 12.3. The van der Waals surface area contributed by atoms with Gasteiger partial charge in [0.05, 0.1) is 18.1 Å². The predicted molar refractivity (Wildman–Crippen MR) is 117 cm³/mol. The van der Waals surface area contributed by atoms with Crippen LogP contribution in [-0.2, 0) is 16.0 Å². The van der Waals surface area contributed by atoms with Gasteiger partial charge in [-0.05, 0) is 24.5 Å². The number of hydrogen-bond donors (Lipinski definition) is 1. The van der Waals surface area contributed by atoms with Crippen LogP contribution in [0.5, 0.6) is 0 Å². The van der Waals surface area contributed by atoms with Gasteiger partial charge in [0, 0.05) is 44.1 Å². The Morgan fingerprint density at radius 3 is 2.78 bits per heavy atom. The number of anilines is 1. The summed E-state index contributed by atoms with van der Waals surface area (Å²) in [6.45, 7) is 2.57. The molecule has 2 aliphatic rings. The number of ether oxygens (including phenoxy) is 1. The molecule has 0 radical (unpaired) electrons. The Balaban J connectivity index is 1.36. The first kappa shape index (κ1) is 22.2. The summed E-state index contributed by atoms with van der Waals surface area (Å²) in [5.41, 5.74) is 0.805. The van der Waals surface area contributed by atoms with Crippen LogP contribution in [0.15, 0.2) is 22.7 Å². The van der Waals surface area contributed by atoms with Crippen molar-refractivity contribution >= 4 is 17.3 Å². The largest absolute Gasteiger partial charge is 0.379 e. The molecule has 1 aliphatic heterocycles. The highest BCUT2D eigenvalue weighted by Gasteiger charge is 2.21. The molecule has 2 heterocycles. The highest BCUT2D eigenvalue weighted by Crippen LogP contribution is 2.31. The summed E-state index contributed by atoms with van der Waals surface area (Å²) in [6, 6.07) is 4.80. The van der Waals surface area contributed by atoms with E-state index in [-0.39, 0.29) is 18.0 Å². The zero-order valence-electron chi connectivity index (χ0n) is 18.1. The molecule has 1 N–H and O–H groups in total. The molecule has 172 valence electrons. The number of benzene rings is 1. The number of rotatable bonds is 9. The SMILES string of the molecule is O=C(CCNc1ccc(-c2noc(CCC3CCCC3)n2)cc1[N+](=O)[O-])N1CCOCC1. The van der Waals surface area contributed by atoms with Crippen LogP contribution in [0.3, 0.4) is 0 Å². The summed E-state index contributed by atoms with van der Waals surface area (Å²) < 4.78 is 10.6. The van der Waals surface area contributed by atoms with E-state index in [0.717, 1.165) is 18.8 Å². The van der Waals surface area contributed by atoms with E-state index in [4.69, 9.17) is 9.26 Å². The number of carbonyl (C=O) groups excluding carboxylic acids is 1. The molecule has 4 rings (SSSR count). The number of aromatic nitrogens is 2. The zero-order valence-corrected chi connectivity index (χ0v) is 18.1. The lowest BCUT2D eigenvalue weighted by Gasteiger charge is -2.26. The van der Waals surface area contributed by atoms with E-state index in [2.05, 4.69) is 15.5 Å². The third-order valence-corrected chi connectivity index (χ3v) is 6.18. The first-order valence-corrected chi connectivity index (χ1v) is 11.3. The lowest BCUT2D eigenvalue weighted by atomic mass is 10.0. The van der Waals surface area contributed by atoms with Crippen molar-refractivity contribution in [1.82, 2.24) is 15.0 Å². The molecule has 1 amide bonds. The van der Waals surface area contributed by atoms with Gasteiger partial charge in [0.2, 0.25) is 17.6 Å². The minimum atomic E-state index is -0.448. The van der Waals surface area contributed by atoms with Crippen LogP contribution < -0.4 is 5.32 Å². The van der Waals surface area contributed by atoms with Crippen molar-refractivity contribution in [3.8, 4) is 11.4 Å². The number of nitro groups is 1. The predicted octanol–water partition coefficient (Wildman–Crippen LogP) is 3.43. The molecule has 1 aromatic heterocycles. The van der Waals surface area contributed by atoms with E-state index in [1.807, 2.05) is 0 Å². The minimum Gasteiger partial charge on any atom is -0.379 e. The molecule has 0 bridgehead atoms. The summed E-state index contributed by atoms with van der Waals surface area (Å²) in [6.07, 6.45) is 7.15. The Bertz CT molecular complexity index is 935. The van der Waals surface area contributed by atoms with Crippen LogP contribution in [-0.4, -0.2) is 58.7 Å². The number of nitrogens with one attached hydrogen (secondary N) is 1. The second-order valence-corrected chi connectivity index (χ2v) is 8.36. The van der Waals surface area contributed by atoms with Gasteiger partial charge in [0.15, 0.2) is 0 Å². The van der Waals surface area contributed by atoms with Gasteiger partial charge in [-0.25, -0.2) is 0 Å². The first-order valence-electron chi connectivity index (χ1n) is 11.3. The molecule has 32 heavy (non-hydrogen) atoms. The number of hydrogen-bond acceptors (Lipinski definition) is 8. The highest BCUT2D eigenvalue weighted by atomic mass is 16.6. The molecule has 2 aromatic rings. The van der Waals surface area contributed by atoms with Crippen LogP contribution in [0.4, 0.5) is 11.4 Å². The van der Waals surface area contributed by atoms with E-state index in [1.165, 1.54) is 31.7 Å². The third kappa shape index (κ3) is 5.61. The summed E-state index contributed by atoms with van der Waals surface area (Å²) >= 11 is 0. The van der Waals surface area contributed by atoms with E-state index in [1.54, 1.807) is 17.0 Å². The van der Waals surface area contributed by atoms with Crippen molar-refractivity contribution in [2.24, 2.45) is 5.92 Å². The van der Waals surface area contributed by atoms with Crippen LogP contribution in [0.25, 0.3) is 11.4 Å². The number of morpholine rings is 1. The number of aryl methyl sites for hydroxylation is 1. The van der Waals surface area contributed by atoms with Crippen LogP contribution in [0, 0.1) is 16.0 Å². The van der Waals surface area contributed by atoms with Crippen molar-refractivity contribution in [2.75, 3.05) is 38.2 Å². The highest BCUT2D eigenvalue weighted by molar-refractivity contribution is 5.77. The Morgan fingerprint density at radius 1 is 1.25 bits per heavy atom. The third-order valence-electron chi connectivity index (χ3n) is 6.18. The van der Waals surface area contributed by atoms with Gasteiger partial charge in [-0.15, -0.1) is 0 Å². The van der Waals surface area contributed by atoms with E-state index >= 15 is 0 Å². The van der Waals surface area contributed by atoms with E-state index in [0.29, 0.717) is 55.8 Å². The lowest BCUT2D eigenvalue weighted by molar-refractivity contribution is -0.383. The molecule has 0 atom stereocenters. The molecule has 2 fully saturated rings. The second-order valence-electron chi connectivity index (χ2n) is 8.36. The lowest BCUT2D eigenvalue weighted by Crippen LogP contribution is -2.41. The smallest absolute Gasteiger partial charge is 0.293 e. The second kappa shape index (κ2) is 10.5. The summed E-state index contributed by atoms with van der Waals surface area (Å²) in [7, 11) is 0. The van der Waals surface area contributed by atoms with Gasteiger partial charge in [0.25, 0.3) is 5.69 Å². The van der Waals surface area contributed by atoms with E-state index < -0.39 is 4.92 Å². The summed E-state index contributed by atoms with van der Waals surface area (Å²) in [5.74, 6) is 1.66. The van der Waals surface area contributed by atoms with E-state index in [9.17, 15) is 14.9 Å². The standard InChI is InChI=1S/C22H29N5O5/c28-21(26-11-13-31-14-12-26)9-10-23-18-7-6-17(15-19(18)27(29)30)22-24-20(32-25-22)8-5-16-3-1-2-4-16/h6-7,15-16,23H,1-5,8-14H2. The zero-order chi connectivity index (χ0) is 22.3. The van der Waals surface area contributed by atoms with Crippen molar-refractivity contribution in [3.63, 3.8) is 0 Å². The minimum absolute atomic E-state index is 0.0111. The summed E-state index contributed by atoms with van der Waals surface area (Å²) in [5, 5.41) is 18.6. The molecule has 1 saturated carbocycles. The molecular weight excluding hydrogens is 414 g/mol. The Morgan fingerprint density at radius 2 is 2.03 bits per heavy atom. The van der Waals surface area contributed by atoms with Gasteiger partial charge in [-0.2, -0.15) is 4.98 Å². The molecular formula is C22H29N5O5. The Labute approximate surface area is 186 Å². The van der Waals surface area contributed by atoms with Gasteiger partial charge in [-0.3, -0.25) is 14.9 Å². The van der Waals surface area contributed by atoms with Gasteiger partial charge in [-0.1, -0.05) is 30.8 Å². The number of carbonyl (C=O) groups is 1. The maximum absolute atomic E-state index is 12.3. The van der Waals surface area contributed by atoms with Crippen LogP contribution in [0.1, 0.15) is 44.4 Å². The molecule has 10 heteroatoms. The van der Waals surface area contributed by atoms with Crippen molar-refractivity contribution in [1.29, 1.82) is 0 Å². The quantitative estimate of drug-likeness (QED) is 0.462. The van der Waals surface area contributed by atoms with Gasteiger partial charge >= 0.3 is 0 Å². The van der Waals surface area contributed by atoms with Gasteiger partial charge in [0.1, 0.15) is 5.69 Å². The van der Waals surface area contributed by atoms with Crippen molar-refractivity contribution in [3.05, 3.63) is 34.2 Å². The Kier molecular flexibility index (Phi) is 7.31. The normalized spacial score (nSPS) is 16.9. The summed E-state index contributed by atoms with van der Waals surface area (Å²) in [4.78, 5) is 29.6. The molecule has 1 aromatic carbocycles. The Hall–Kier alpha value is -3.01. The average molecular weight is 444 g/mol.